The molecule has 0 N–H and O–H groups in total. The molecule has 59 heavy (non-hydrogen) atoms. The fraction of sp³-hybridized carbons (Fsp3) is 0.0175. The lowest BCUT2D eigenvalue weighted by molar-refractivity contribution is 0.770. The molecule has 11 rings (SSSR count). The summed E-state index contributed by atoms with van der Waals surface area (Å²) in [5.74, 6) is 0.697. The Hall–Kier alpha value is -7.68. The maximum atomic E-state index is 5.33. The Kier molecular flexibility index (Phi) is 8.41. The molecule has 2 heteroatoms. The summed E-state index contributed by atoms with van der Waals surface area (Å²) in [6.45, 7) is 0. The van der Waals surface area contributed by atoms with Gasteiger partial charge in [0.2, 0.25) is 0 Å². The van der Waals surface area contributed by atoms with E-state index < -0.39 is 5.41 Å². The Balaban J connectivity index is 1.16. The van der Waals surface area contributed by atoms with Gasteiger partial charge in [-0.3, -0.25) is 0 Å². The van der Waals surface area contributed by atoms with Crippen LogP contribution in [0.1, 0.15) is 22.3 Å². The van der Waals surface area contributed by atoms with Gasteiger partial charge in [0.05, 0.1) is 16.8 Å². The summed E-state index contributed by atoms with van der Waals surface area (Å²) in [5.41, 5.74) is 16.7. The van der Waals surface area contributed by atoms with Gasteiger partial charge in [0.15, 0.2) is 5.82 Å². The highest BCUT2D eigenvalue weighted by Gasteiger charge is 2.47. The van der Waals surface area contributed by atoms with Crippen molar-refractivity contribution in [3.05, 3.63) is 253 Å². The van der Waals surface area contributed by atoms with Crippen molar-refractivity contribution < 1.29 is 0 Å². The van der Waals surface area contributed by atoms with E-state index in [2.05, 4.69) is 224 Å². The number of benzene rings is 9. The Morgan fingerprint density at radius 1 is 0.288 bits per heavy atom. The van der Waals surface area contributed by atoms with Gasteiger partial charge in [-0.05, 0) is 72.5 Å². The summed E-state index contributed by atoms with van der Waals surface area (Å²) in [6.07, 6.45) is 0. The second-order valence-corrected chi connectivity index (χ2v) is 15.2. The fourth-order valence-electron chi connectivity index (χ4n) is 9.50. The highest BCUT2D eigenvalue weighted by Crippen LogP contribution is 2.59. The van der Waals surface area contributed by atoms with Crippen molar-refractivity contribution in [2.45, 2.75) is 5.41 Å². The first kappa shape index (κ1) is 34.6. The summed E-state index contributed by atoms with van der Waals surface area (Å²) >= 11 is 0. The molecule has 0 saturated heterocycles. The molecule has 0 saturated carbocycles. The molecule has 0 radical (unpaired) electrons. The van der Waals surface area contributed by atoms with Crippen LogP contribution in [0.4, 0.5) is 0 Å². The van der Waals surface area contributed by atoms with E-state index in [1.165, 1.54) is 49.9 Å². The molecule has 1 aliphatic carbocycles. The molecule has 276 valence electrons. The lowest BCUT2D eigenvalue weighted by atomic mass is 9.66. The predicted octanol–water partition coefficient (Wildman–Crippen LogP) is 14.3. The zero-order valence-electron chi connectivity index (χ0n) is 32.3. The van der Waals surface area contributed by atoms with Crippen molar-refractivity contribution in [3.8, 4) is 67.3 Å². The Morgan fingerprint density at radius 2 is 0.729 bits per heavy atom. The molecule has 10 aromatic rings. The summed E-state index contributed by atoms with van der Waals surface area (Å²) in [4.78, 5) is 10.6. The van der Waals surface area contributed by atoms with Gasteiger partial charge in [0, 0.05) is 16.7 Å². The predicted molar refractivity (Wildman–Crippen MR) is 244 cm³/mol. The monoisotopic (exact) mass is 750 g/mol. The largest absolute Gasteiger partial charge is 0.228 e. The molecule has 0 atom stereocenters. The van der Waals surface area contributed by atoms with Gasteiger partial charge < -0.3 is 0 Å². The molecule has 0 bridgehead atoms. The number of aromatic nitrogens is 2. The van der Waals surface area contributed by atoms with E-state index in [0.717, 1.165) is 44.6 Å². The van der Waals surface area contributed by atoms with Gasteiger partial charge in [-0.25, -0.2) is 9.97 Å². The van der Waals surface area contributed by atoms with Crippen molar-refractivity contribution in [2.75, 3.05) is 0 Å². The second-order valence-electron chi connectivity index (χ2n) is 15.2. The molecule has 0 fully saturated rings. The third-order valence-electron chi connectivity index (χ3n) is 12.0. The number of hydrogen-bond donors (Lipinski definition) is 0. The second kappa shape index (κ2) is 14.4. The molecular formula is C57H38N2. The minimum absolute atomic E-state index is 0.525. The minimum atomic E-state index is -0.525. The Labute approximate surface area is 344 Å². The van der Waals surface area contributed by atoms with Gasteiger partial charge in [-0.15, -0.1) is 0 Å². The van der Waals surface area contributed by atoms with E-state index in [4.69, 9.17) is 9.97 Å². The van der Waals surface area contributed by atoms with Crippen molar-refractivity contribution in [1.29, 1.82) is 0 Å². The fourth-order valence-corrected chi connectivity index (χ4v) is 9.50. The normalized spacial score (nSPS) is 12.5. The summed E-state index contributed by atoms with van der Waals surface area (Å²) < 4.78 is 0. The zero-order valence-corrected chi connectivity index (χ0v) is 32.3. The molecule has 1 heterocycles. The third-order valence-corrected chi connectivity index (χ3v) is 12.0. The van der Waals surface area contributed by atoms with Gasteiger partial charge in [-0.1, -0.05) is 224 Å². The lowest BCUT2D eigenvalue weighted by Crippen LogP contribution is -2.29. The van der Waals surface area contributed by atoms with Crippen molar-refractivity contribution in [1.82, 2.24) is 9.97 Å². The van der Waals surface area contributed by atoms with Gasteiger partial charge in [-0.2, -0.15) is 0 Å². The van der Waals surface area contributed by atoms with Crippen LogP contribution in [-0.2, 0) is 5.41 Å². The lowest BCUT2D eigenvalue weighted by Gasteiger charge is -2.35. The first-order valence-corrected chi connectivity index (χ1v) is 20.3. The molecule has 0 unspecified atom stereocenters. The number of rotatable bonds is 7. The Morgan fingerprint density at radius 3 is 1.37 bits per heavy atom. The first-order chi connectivity index (χ1) is 29.3. The zero-order chi connectivity index (χ0) is 39.2. The van der Waals surface area contributed by atoms with Gasteiger partial charge in [0.1, 0.15) is 0 Å². The van der Waals surface area contributed by atoms with Crippen LogP contribution in [0.15, 0.2) is 231 Å². The molecule has 0 spiro atoms. The molecule has 0 aliphatic heterocycles. The number of fused-ring (bicyclic) bond motifs is 4. The maximum absolute atomic E-state index is 5.33. The maximum Gasteiger partial charge on any atom is 0.160 e. The minimum Gasteiger partial charge on any atom is -0.228 e. The van der Waals surface area contributed by atoms with Crippen LogP contribution in [-0.4, -0.2) is 9.97 Å². The van der Waals surface area contributed by atoms with Crippen LogP contribution in [0.25, 0.3) is 78.1 Å². The SMILES string of the molecule is c1ccc(-c2nc(-c3ccccc3-c3ccccc3)cc(-c3ccc(-c4cccc5c4C(c4ccccc4)(c4ccccc4)c4ccccc4-5)c4ccccc34)n2)cc1. The summed E-state index contributed by atoms with van der Waals surface area (Å²) in [5, 5.41) is 2.32. The van der Waals surface area contributed by atoms with Crippen LogP contribution in [0, 0.1) is 0 Å². The quantitative estimate of drug-likeness (QED) is 0.162. The van der Waals surface area contributed by atoms with Gasteiger partial charge >= 0.3 is 0 Å². The van der Waals surface area contributed by atoms with Crippen LogP contribution in [0.5, 0.6) is 0 Å². The highest BCUT2D eigenvalue weighted by molar-refractivity contribution is 6.07. The van der Waals surface area contributed by atoms with Crippen LogP contribution >= 0.6 is 0 Å². The molecule has 1 aliphatic rings. The van der Waals surface area contributed by atoms with E-state index >= 15 is 0 Å². The average Bonchev–Trinajstić information content (AvgIpc) is 3.63. The molecule has 0 amide bonds. The van der Waals surface area contributed by atoms with E-state index in [0.29, 0.717) is 5.82 Å². The standard InChI is InChI=1S/C57H38N2/c1-5-20-39(21-6-1)43-28-13-16-32-48(43)53-38-54(59-56(58-53)40-22-7-2-8-23-40)49-37-36-46(44-29-14-15-30-45(44)49)50-33-19-34-51-47-31-17-18-35-52(47)57(55(50)51,41-24-9-3-10-25-41)42-26-11-4-12-27-42/h1-38H. The van der Waals surface area contributed by atoms with Crippen LogP contribution in [0.3, 0.4) is 0 Å². The van der Waals surface area contributed by atoms with E-state index in [-0.39, 0.29) is 0 Å². The van der Waals surface area contributed by atoms with E-state index in [1.807, 2.05) is 6.07 Å². The molecular weight excluding hydrogens is 713 g/mol. The third kappa shape index (κ3) is 5.64. The van der Waals surface area contributed by atoms with Crippen LogP contribution < -0.4 is 0 Å². The van der Waals surface area contributed by atoms with Crippen molar-refractivity contribution in [2.24, 2.45) is 0 Å². The molecule has 1 aromatic heterocycles. The van der Waals surface area contributed by atoms with Crippen molar-refractivity contribution >= 4 is 10.8 Å². The van der Waals surface area contributed by atoms with Crippen LogP contribution in [0.2, 0.25) is 0 Å². The smallest absolute Gasteiger partial charge is 0.160 e. The summed E-state index contributed by atoms with van der Waals surface area (Å²) in [7, 11) is 0. The molecule has 2 nitrogen and oxygen atoms in total. The first-order valence-electron chi connectivity index (χ1n) is 20.3. The number of hydrogen-bond acceptors (Lipinski definition) is 2. The number of nitrogens with zero attached hydrogens (tertiary/aromatic N) is 2. The topological polar surface area (TPSA) is 25.8 Å². The highest BCUT2D eigenvalue weighted by atomic mass is 14.9. The molecule has 9 aromatic carbocycles. The van der Waals surface area contributed by atoms with Gasteiger partial charge in [0.25, 0.3) is 0 Å². The van der Waals surface area contributed by atoms with E-state index in [1.54, 1.807) is 0 Å². The Bertz CT molecular complexity index is 3100. The summed E-state index contributed by atoms with van der Waals surface area (Å²) in [6, 6.07) is 82.9. The van der Waals surface area contributed by atoms with Crippen molar-refractivity contribution in [3.63, 3.8) is 0 Å². The van der Waals surface area contributed by atoms with E-state index in [9.17, 15) is 0 Å². The average molecular weight is 751 g/mol.